The Morgan fingerprint density at radius 1 is 1.50 bits per heavy atom. The monoisotopic (exact) mass is 105 g/mol. The molecule has 0 aliphatic rings. The van der Waals surface area contributed by atoms with Crippen molar-refractivity contribution in [3.05, 3.63) is 6.92 Å². The van der Waals surface area contributed by atoms with Crippen LogP contribution in [0.3, 0.4) is 0 Å². The smallest absolute Gasteiger partial charge is 0.315 e. The summed E-state index contributed by atoms with van der Waals surface area (Å²) in [5.74, 6) is 0. The predicted molar refractivity (Wildman–Crippen MR) is 26.4 cm³/mol. The molecule has 37 valence electrons. The Morgan fingerprint density at radius 3 is 2.00 bits per heavy atom. The molecule has 0 bridgehead atoms. The molecule has 6 heavy (non-hydrogen) atoms. The van der Waals surface area contributed by atoms with Crippen LogP contribution in [0.4, 0.5) is 0 Å². The van der Waals surface area contributed by atoms with Crippen molar-refractivity contribution in [3.63, 3.8) is 0 Å². The SMILES string of the molecule is [CH2]CC[SiH](O)O. The predicted octanol–water partition coefficient (Wildman–Crippen LogP) is -0.584. The fourth-order valence-electron chi connectivity index (χ4n) is 0.183. The van der Waals surface area contributed by atoms with E-state index in [1.807, 2.05) is 0 Å². The van der Waals surface area contributed by atoms with Crippen molar-refractivity contribution in [3.8, 4) is 0 Å². The minimum Gasteiger partial charge on any atom is -0.413 e. The van der Waals surface area contributed by atoms with Crippen LogP contribution in [0, 0.1) is 6.92 Å². The van der Waals surface area contributed by atoms with Crippen LogP contribution in [0.2, 0.25) is 6.04 Å². The lowest BCUT2D eigenvalue weighted by molar-refractivity contribution is 0.405. The maximum atomic E-state index is 8.21. The van der Waals surface area contributed by atoms with Gasteiger partial charge in [-0.25, -0.2) is 0 Å². The van der Waals surface area contributed by atoms with E-state index < -0.39 is 9.28 Å². The molecule has 0 aliphatic heterocycles. The highest BCUT2D eigenvalue weighted by Gasteiger charge is 1.94. The van der Waals surface area contributed by atoms with Gasteiger partial charge >= 0.3 is 9.28 Å². The van der Waals surface area contributed by atoms with E-state index in [0.29, 0.717) is 12.5 Å². The highest BCUT2D eigenvalue weighted by Crippen LogP contribution is 1.86. The van der Waals surface area contributed by atoms with E-state index in [0.717, 1.165) is 0 Å². The summed E-state index contributed by atoms with van der Waals surface area (Å²) in [6.07, 6.45) is 0.643. The van der Waals surface area contributed by atoms with Crippen molar-refractivity contribution in [2.45, 2.75) is 12.5 Å². The molecule has 0 aliphatic carbocycles. The third-order valence-electron chi connectivity index (χ3n) is 0.462. The molecule has 0 heterocycles. The Morgan fingerprint density at radius 2 is 2.00 bits per heavy atom. The maximum Gasteiger partial charge on any atom is 0.315 e. The van der Waals surface area contributed by atoms with Crippen LogP contribution >= 0.6 is 0 Å². The van der Waals surface area contributed by atoms with Crippen molar-refractivity contribution in [2.24, 2.45) is 0 Å². The van der Waals surface area contributed by atoms with Gasteiger partial charge in [0.2, 0.25) is 0 Å². The Balaban J connectivity index is 2.63. The van der Waals surface area contributed by atoms with Crippen molar-refractivity contribution in [2.75, 3.05) is 0 Å². The molecule has 0 fully saturated rings. The third-order valence-corrected chi connectivity index (χ3v) is 1.39. The van der Waals surface area contributed by atoms with Crippen LogP contribution < -0.4 is 0 Å². The van der Waals surface area contributed by atoms with Gasteiger partial charge < -0.3 is 9.59 Å². The largest absolute Gasteiger partial charge is 0.413 e. The molecule has 2 nitrogen and oxygen atoms in total. The fraction of sp³-hybridized carbons (Fsp3) is 0.667. The Bertz CT molecular complexity index is 30.0. The standard InChI is InChI=1S/C3H9O2Si/c1-2-3-6(4)5/h4-6H,1-3H2. The molecule has 1 radical (unpaired) electrons. The summed E-state index contributed by atoms with van der Waals surface area (Å²) in [4.78, 5) is 16.4. The van der Waals surface area contributed by atoms with E-state index in [2.05, 4.69) is 6.92 Å². The molecule has 0 saturated heterocycles. The first kappa shape index (κ1) is 6.14. The quantitative estimate of drug-likeness (QED) is 0.461. The zero-order valence-electron chi connectivity index (χ0n) is 3.59. The number of hydrogen-bond acceptors (Lipinski definition) is 2. The summed E-state index contributed by atoms with van der Waals surface area (Å²) in [5, 5.41) is 0. The van der Waals surface area contributed by atoms with Crippen LogP contribution in [0.5, 0.6) is 0 Å². The van der Waals surface area contributed by atoms with Gasteiger partial charge in [0.1, 0.15) is 0 Å². The zero-order valence-corrected chi connectivity index (χ0v) is 4.75. The summed E-state index contributed by atoms with van der Waals surface area (Å²) in [7, 11) is -2.23. The van der Waals surface area contributed by atoms with E-state index in [1.165, 1.54) is 0 Å². The van der Waals surface area contributed by atoms with Gasteiger partial charge in [0.15, 0.2) is 0 Å². The van der Waals surface area contributed by atoms with Gasteiger partial charge in [-0.2, -0.15) is 0 Å². The normalized spacial score (nSPS) is 10.0. The summed E-state index contributed by atoms with van der Waals surface area (Å²) in [5.41, 5.74) is 0. The van der Waals surface area contributed by atoms with E-state index in [1.54, 1.807) is 0 Å². The van der Waals surface area contributed by atoms with Crippen molar-refractivity contribution < 1.29 is 9.59 Å². The molecule has 0 saturated carbocycles. The van der Waals surface area contributed by atoms with E-state index in [-0.39, 0.29) is 0 Å². The summed E-state index contributed by atoms with van der Waals surface area (Å²) in [6.45, 7) is 3.44. The van der Waals surface area contributed by atoms with E-state index >= 15 is 0 Å². The lowest BCUT2D eigenvalue weighted by atomic mass is 10.6. The van der Waals surface area contributed by atoms with Gasteiger partial charge in [0, 0.05) is 0 Å². The van der Waals surface area contributed by atoms with Crippen LogP contribution in [-0.4, -0.2) is 18.9 Å². The molecule has 0 aromatic carbocycles. The summed E-state index contributed by atoms with van der Waals surface area (Å²) >= 11 is 0. The first-order valence-electron chi connectivity index (χ1n) is 1.92. The molecule has 0 spiro atoms. The Hall–Kier alpha value is 0.137. The van der Waals surface area contributed by atoms with Crippen LogP contribution in [0.25, 0.3) is 0 Å². The van der Waals surface area contributed by atoms with Crippen molar-refractivity contribution >= 4 is 9.28 Å². The highest BCUT2D eigenvalue weighted by molar-refractivity contribution is 6.40. The number of rotatable bonds is 2. The molecule has 3 heteroatoms. The molecule has 2 N–H and O–H groups in total. The highest BCUT2D eigenvalue weighted by atomic mass is 28.3. The van der Waals surface area contributed by atoms with Crippen molar-refractivity contribution in [1.82, 2.24) is 0 Å². The Kier molecular flexibility index (Phi) is 3.41. The van der Waals surface area contributed by atoms with Gasteiger partial charge in [-0.15, -0.1) is 0 Å². The first-order valence-corrected chi connectivity index (χ1v) is 3.77. The van der Waals surface area contributed by atoms with E-state index in [9.17, 15) is 0 Å². The molecule has 0 unspecified atom stereocenters. The molecule has 0 aromatic rings. The summed E-state index contributed by atoms with van der Waals surface area (Å²) < 4.78 is 0. The second-order valence-electron chi connectivity index (χ2n) is 1.12. The van der Waals surface area contributed by atoms with Gasteiger partial charge in [0.25, 0.3) is 0 Å². The molecule has 0 aromatic heterocycles. The maximum absolute atomic E-state index is 8.21. The van der Waals surface area contributed by atoms with Crippen LogP contribution in [0.15, 0.2) is 0 Å². The minimum absolute atomic E-state index is 0.514. The third kappa shape index (κ3) is 4.14. The molecule has 0 amide bonds. The topological polar surface area (TPSA) is 40.5 Å². The molecule has 0 rings (SSSR count). The van der Waals surface area contributed by atoms with Gasteiger partial charge in [-0.1, -0.05) is 13.3 Å². The number of hydrogen-bond donors (Lipinski definition) is 2. The van der Waals surface area contributed by atoms with Gasteiger partial charge in [-0.3, -0.25) is 0 Å². The first-order chi connectivity index (χ1) is 2.77. The van der Waals surface area contributed by atoms with Crippen LogP contribution in [0.1, 0.15) is 6.42 Å². The molecular weight excluding hydrogens is 96.1 g/mol. The fourth-order valence-corrected chi connectivity index (χ4v) is 0.548. The lowest BCUT2D eigenvalue weighted by Gasteiger charge is -1.91. The summed E-state index contributed by atoms with van der Waals surface area (Å²) in [6, 6.07) is 0.514. The minimum atomic E-state index is -2.23. The zero-order chi connectivity index (χ0) is 4.99. The van der Waals surface area contributed by atoms with Crippen LogP contribution in [-0.2, 0) is 0 Å². The lowest BCUT2D eigenvalue weighted by Crippen LogP contribution is -2.08. The molecular formula is C3H9O2Si. The van der Waals surface area contributed by atoms with Crippen molar-refractivity contribution in [1.29, 1.82) is 0 Å². The second-order valence-corrected chi connectivity index (χ2v) is 2.66. The van der Waals surface area contributed by atoms with Gasteiger partial charge in [0.05, 0.1) is 0 Å². The Labute approximate surface area is 39.3 Å². The molecule has 0 atom stereocenters. The second kappa shape index (κ2) is 3.33. The average Bonchev–Trinajstić information content (AvgIpc) is 1.35. The average molecular weight is 105 g/mol. The van der Waals surface area contributed by atoms with Gasteiger partial charge in [-0.05, 0) is 6.04 Å². The van der Waals surface area contributed by atoms with E-state index in [4.69, 9.17) is 9.59 Å².